The van der Waals surface area contributed by atoms with Crippen LogP contribution in [0.25, 0.3) is 0 Å². The number of likely N-dealkylation sites (N-methyl/N-ethyl adjacent to an activating group) is 1. The van der Waals surface area contributed by atoms with Gasteiger partial charge in [0.1, 0.15) is 0 Å². The number of rotatable bonds is 2. The zero-order valence-electron chi connectivity index (χ0n) is 10.4. The molecule has 3 nitrogen and oxygen atoms in total. The Bertz CT molecular complexity index is 440. The van der Waals surface area contributed by atoms with Crippen LogP contribution >= 0.6 is 0 Å². The molecule has 17 heavy (non-hydrogen) atoms. The fraction of sp³-hybridized carbons (Fsp3) is 0.357. The summed E-state index contributed by atoms with van der Waals surface area (Å²) in [6.07, 6.45) is 2.37. The van der Waals surface area contributed by atoms with Gasteiger partial charge in [0.25, 0.3) is 0 Å². The Morgan fingerprint density at radius 3 is 2.82 bits per heavy atom. The first kappa shape index (κ1) is 11.9. The van der Waals surface area contributed by atoms with Crippen LogP contribution in [0.2, 0.25) is 0 Å². The molecule has 1 amide bonds. The van der Waals surface area contributed by atoms with Crippen LogP contribution < -0.4 is 4.90 Å². The van der Waals surface area contributed by atoms with Gasteiger partial charge >= 0.3 is 0 Å². The zero-order chi connectivity index (χ0) is 12.4. The van der Waals surface area contributed by atoms with Gasteiger partial charge in [0.05, 0.1) is 0 Å². The first-order valence-electron chi connectivity index (χ1n) is 5.81. The molecule has 0 fully saturated rings. The van der Waals surface area contributed by atoms with Crippen molar-refractivity contribution in [3.05, 3.63) is 42.5 Å². The Morgan fingerprint density at radius 1 is 1.47 bits per heavy atom. The van der Waals surface area contributed by atoms with Gasteiger partial charge < -0.3 is 9.80 Å². The van der Waals surface area contributed by atoms with Crippen LogP contribution in [-0.4, -0.2) is 37.5 Å². The molecule has 0 N–H and O–H groups in total. The number of fused-ring (bicyclic) bond motifs is 1. The summed E-state index contributed by atoms with van der Waals surface area (Å²) < 4.78 is 0. The fourth-order valence-corrected chi connectivity index (χ4v) is 2.24. The maximum Gasteiger partial charge on any atom is 0.250 e. The van der Waals surface area contributed by atoms with Gasteiger partial charge in [-0.2, -0.15) is 0 Å². The van der Waals surface area contributed by atoms with Gasteiger partial charge in [0.15, 0.2) is 0 Å². The molecular formula is C14H18N2O. The Kier molecular flexibility index (Phi) is 3.29. The zero-order valence-corrected chi connectivity index (χ0v) is 10.4. The second-order valence-corrected chi connectivity index (χ2v) is 4.60. The molecule has 1 aromatic rings. The van der Waals surface area contributed by atoms with E-state index in [1.807, 2.05) is 23.1 Å². The van der Waals surface area contributed by atoms with Crippen LogP contribution in [0.15, 0.2) is 36.9 Å². The Hall–Kier alpha value is -1.61. The second kappa shape index (κ2) is 4.72. The molecular weight excluding hydrogens is 212 g/mol. The summed E-state index contributed by atoms with van der Waals surface area (Å²) in [5.41, 5.74) is 2.25. The van der Waals surface area contributed by atoms with Gasteiger partial charge in [-0.25, -0.2) is 0 Å². The van der Waals surface area contributed by atoms with Crippen molar-refractivity contribution in [3.63, 3.8) is 0 Å². The molecule has 1 unspecified atom stereocenters. The third-order valence-electron chi connectivity index (χ3n) is 3.30. The van der Waals surface area contributed by atoms with E-state index in [0.29, 0.717) is 6.04 Å². The molecule has 1 aliphatic heterocycles. The number of para-hydroxylation sites is 1. The van der Waals surface area contributed by atoms with Crippen LogP contribution in [0.5, 0.6) is 0 Å². The van der Waals surface area contributed by atoms with Crippen molar-refractivity contribution in [1.82, 2.24) is 4.90 Å². The number of carbonyl (C=O) groups is 1. The summed E-state index contributed by atoms with van der Waals surface area (Å²) in [6.45, 7) is 4.30. The van der Waals surface area contributed by atoms with E-state index in [1.165, 1.54) is 11.6 Å². The standard InChI is InChI=1S/C14H18N2O/c1-4-14(17)16-10-12(15(2)3)9-11-7-5-6-8-13(11)16/h4-8,12H,1,9-10H2,2-3H3. The molecule has 0 aliphatic carbocycles. The monoisotopic (exact) mass is 230 g/mol. The Balaban J connectivity index is 2.38. The number of hydrogen-bond acceptors (Lipinski definition) is 2. The van der Waals surface area contributed by atoms with Gasteiger partial charge in [-0.1, -0.05) is 24.8 Å². The fourth-order valence-electron chi connectivity index (χ4n) is 2.24. The molecule has 3 heteroatoms. The van der Waals surface area contributed by atoms with E-state index in [4.69, 9.17) is 0 Å². The van der Waals surface area contributed by atoms with E-state index in [1.54, 1.807) is 0 Å². The minimum Gasteiger partial charge on any atom is -0.307 e. The molecule has 0 radical (unpaired) electrons. The molecule has 2 rings (SSSR count). The smallest absolute Gasteiger partial charge is 0.250 e. The highest BCUT2D eigenvalue weighted by Crippen LogP contribution is 2.28. The Morgan fingerprint density at radius 2 is 2.18 bits per heavy atom. The van der Waals surface area contributed by atoms with E-state index in [0.717, 1.165) is 18.7 Å². The third-order valence-corrected chi connectivity index (χ3v) is 3.30. The summed E-state index contributed by atoms with van der Waals surface area (Å²) in [6, 6.07) is 8.46. The van der Waals surface area contributed by atoms with Gasteiger partial charge in [0, 0.05) is 18.3 Å². The van der Waals surface area contributed by atoms with Gasteiger partial charge in [-0.3, -0.25) is 4.79 Å². The van der Waals surface area contributed by atoms with Crippen LogP contribution in [0, 0.1) is 0 Å². The largest absolute Gasteiger partial charge is 0.307 e. The SMILES string of the molecule is C=CC(=O)N1CC(N(C)C)Cc2ccccc21. The predicted octanol–water partition coefficient (Wildman–Crippen LogP) is 1.69. The van der Waals surface area contributed by atoms with Crippen LogP contribution in [0.3, 0.4) is 0 Å². The summed E-state index contributed by atoms with van der Waals surface area (Å²) in [5.74, 6) is -0.0241. The summed E-state index contributed by atoms with van der Waals surface area (Å²) in [7, 11) is 4.10. The van der Waals surface area contributed by atoms with E-state index in [-0.39, 0.29) is 5.91 Å². The lowest BCUT2D eigenvalue weighted by molar-refractivity contribution is -0.114. The van der Waals surface area contributed by atoms with Crippen molar-refractivity contribution in [2.24, 2.45) is 0 Å². The highest BCUT2D eigenvalue weighted by Gasteiger charge is 2.27. The second-order valence-electron chi connectivity index (χ2n) is 4.60. The highest BCUT2D eigenvalue weighted by atomic mass is 16.2. The number of hydrogen-bond donors (Lipinski definition) is 0. The summed E-state index contributed by atoms with van der Waals surface area (Å²) in [5, 5.41) is 0. The molecule has 0 saturated heterocycles. The summed E-state index contributed by atoms with van der Waals surface area (Å²) >= 11 is 0. The lowest BCUT2D eigenvalue weighted by atomic mass is 9.97. The molecule has 1 atom stereocenters. The Labute approximate surface area is 102 Å². The van der Waals surface area contributed by atoms with Crippen LogP contribution in [0.4, 0.5) is 5.69 Å². The van der Waals surface area contributed by atoms with Crippen molar-refractivity contribution in [3.8, 4) is 0 Å². The quantitative estimate of drug-likeness (QED) is 0.722. The molecule has 1 heterocycles. The lowest BCUT2D eigenvalue weighted by Crippen LogP contribution is -2.47. The van der Waals surface area contributed by atoms with Crippen molar-refractivity contribution < 1.29 is 4.79 Å². The first-order valence-corrected chi connectivity index (χ1v) is 5.81. The van der Waals surface area contributed by atoms with Crippen molar-refractivity contribution in [2.75, 3.05) is 25.5 Å². The molecule has 1 aromatic carbocycles. The van der Waals surface area contributed by atoms with E-state index in [2.05, 4.69) is 31.6 Å². The number of amides is 1. The van der Waals surface area contributed by atoms with Crippen LogP contribution in [0.1, 0.15) is 5.56 Å². The van der Waals surface area contributed by atoms with Gasteiger partial charge in [0.2, 0.25) is 5.91 Å². The maximum atomic E-state index is 11.9. The molecule has 0 spiro atoms. The first-order chi connectivity index (χ1) is 8.13. The molecule has 0 aromatic heterocycles. The number of carbonyl (C=O) groups excluding carboxylic acids is 1. The number of benzene rings is 1. The van der Waals surface area contributed by atoms with Crippen molar-refractivity contribution in [1.29, 1.82) is 0 Å². The molecule has 1 aliphatic rings. The van der Waals surface area contributed by atoms with Crippen molar-refractivity contribution in [2.45, 2.75) is 12.5 Å². The predicted molar refractivity (Wildman–Crippen MR) is 70.2 cm³/mol. The lowest BCUT2D eigenvalue weighted by Gasteiger charge is -2.37. The minimum absolute atomic E-state index is 0.0241. The number of nitrogens with zero attached hydrogens (tertiary/aromatic N) is 2. The normalized spacial score (nSPS) is 19.0. The van der Waals surface area contributed by atoms with Crippen molar-refractivity contribution >= 4 is 11.6 Å². The number of anilines is 1. The highest BCUT2D eigenvalue weighted by molar-refractivity contribution is 6.02. The van der Waals surface area contributed by atoms with E-state index < -0.39 is 0 Å². The molecule has 0 saturated carbocycles. The van der Waals surface area contributed by atoms with Gasteiger partial charge in [-0.05, 0) is 38.2 Å². The summed E-state index contributed by atoms with van der Waals surface area (Å²) in [4.78, 5) is 15.9. The molecule has 0 bridgehead atoms. The van der Waals surface area contributed by atoms with E-state index in [9.17, 15) is 4.79 Å². The van der Waals surface area contributed by atoms with Crippen LogP contribution in [-0.2, 0) is 11.2 Å². The third kappa shape index (κ3) is 2.24. The average Bonchev–Trinajstić information content (AvgIpc) is 2.36. The van der Waals surface area contributed by atoms with Gasteiger partial charge in [-0.15, -0.1) is 0 Å². The molecule has 90 valence electrons. The average molecular weight is 230 g/mol. The maximum absolute atomic E-state index is 11.9. The minimum atomic E-state index is -0.0241. The van der Waals surface area contributed by atoms with E-state index >= 15 is 0 Å². The topological polar surface area (TPSA) is 23.6 Å².